The molecule has 1 atom stereocenters. The maximum atomic E-state index is 12.6. The predicted molar refractivity (Wildman–Crippen MR) is 119 cm³/mol. The van der Waals surface area contributed by atoms with E-state index in [1.807, 2.05) is 18.2 Å². The highest BCUT2D eigenvalue weighted by Crippen LogP contribution is 2.36. The summed E-state index contributed by atoms with van der Waals surface area (Å²) in [5.41, 5.74) is 2.59. The number of hydrogen-bond acceptors (Lipinski definition) is 7. The van der Waals surface area contributed by atoms with Gasteiger partial charge >= 0.3 is 0 Å². The Labute approximate surface area is 183 Å². The van der Waals surface area contributed by atoms with Gasteiger partial charge in [-0.25, -0.2) is 9.97 Å². The first kappa shape index (κ1) is 19.9. The van der Waals surface area contributed by atoms with Crippen molar-refractivity contribution in [3.8, 4) is 11.5 Å². The number of nitrogens with zero attached hydrogens (tertiary/aromatic N) is 3. The van der Waals surface area contributed by atoms with Crippen LogP contribution in [0.25, 0.3) is 11.0 Å². The third kappa shape index (κ3) is 3.82. The van der Waals surface area contributed by atoms with Gasteiger partial charge in [-0.3, -0.25) is 9.89 Å². The predicted octanol–water partition coefficient (Wildman–Crippen LogP) is 3.51. The molecule has 10 nitrogen and oxygen atoms in total. The molecule has 0 bridgehead atoms. The van der Waals surface area contributed by atoms with Crippen molar-refractivity contribution in [3.63, 3.8) is 0 Å². The number of rotatable bonds is 6. The van der Waals surface area contributed by atoms with E-state index in [9.17, 15) is 4.79 Å². The van der Waals surface area contributed by atoms with E-state index in [4.69, 9.17) is 9.47 Å². The maximum Gasteiger partial charge on any atom is 0.272 e. The second kappa shape index (κ2) is 8.22. The number of ether oxygens (including phenoxy) is 2. The van der Waals surface area contributed by atoms with Gasteiger partial charge in [0.15, 0.2) is 11.5 Å². The maximum absolute atomic E-state index is 12.6. The molecule has 0 radical (unpaired) electrons. The fourth-order valence-electron chi connectivity index (χ4n) is 3.73. The first-order valence-electron chi connectivity index (χ1n) is 10.4. The second-order valence-corrected chi connectivity index (χ2v) is 7.88. The van der Waals surface area contributed by atoms with Crippen LogP contribution in [-0.4, -0.2) is 44.3 Å². The molecule has 164 valence electrons. The molecule has 0 spiro atoms. The van der Waals surface area contributed by atoms with E-state index in [1.165, 1.54) is 12.5 Å². The summed E-state index contributed by atoms with van der Waals surface area (Å²) in [6, 6.07) is 7.68. The molecule has 1 aliphatic rings. The molecule has 0 saturated carbocycles. The first-order valence-corrected chi connectivity index (χ1v) is 10.4. The zero-order valence-electron chi connectivity index (χ0n) is 17.7. The van der Waals surface area contributed by atoms with E-state index in [0.717, 1.165) is 22.4 Å². The van der Waals surface area contributed by atoms with Gasteiger partial charge < -0.3 is 25.1 Å². The van der Waals surface area contributed by atoms with Crippen LogP contribution in [0.3, 0.4) is 0 Å². The van der Waals surface area contributed by atoms with Crippen LogP contribution in [0.2, 0.25) is 0 Å². The van der Waals surface area contributed by atoms with Gasteiger partial charge in [0.05, 0.1) is 23.3 Å². The van der Waals surface area contributed by atoms with Crippen molar-refractivity contribution in [3.05, 3.63) is 54.2 Å². The van der Waals surface area contributed by atoms with Gasteiger partial charge in [-0.05, 0) is 29.7 Å². The monoisotopic (exact) mass is 433 g/mol. The van der Waals surface area contributed by atoms with Crippen LogP contribution >= 0.6 is 0 Å². The molecular weight excluding hydrogens is 410 g/mol. The van der Waals surface area contributed by atoms with Gasteiger partial charge in [-0.15, -0.1) is 0 Å². The van der Waals surface area contributed by atoms with Gasteiger partial charge in [0.2, 0.25) is 0 Å². The fourth-order valence-corrected chi connectivity index (χ4v) is 3.73. The lowest BCUT2D eigenvalue weighted by atomic mass is 9.95. The highest BCUT2D eigenvalue weighted by molar-refractivity contribution is 6.06. The van der Waals surface area contributed by atoms with Gasteiger partial charge in [0.1, 0.15) is 36.7 Å². The number of H-pyrrole nitrogens is 2. The molecule has 4 aromatic rings. The molecule has 4 N–H and O–H groups in total. The molecule has 0 saturated heterocycles. The summed E-state index contributed by atoms with van der Waals surface area (Å²) in [7, 11) is 0. The minimum atomic E-state index is -0.289. The summed E-state index contributed by atoms with van der Waals surface area (Å²) in [6.45, 7) is 5.36. The van der Waals surface area contributed by atoms with E-state index in [2.05, 4.69) is 49.6 Å². The Bertz CT molecular complexity index is 1250. The Morgan fingerprint density at radius 1 is 1.12 bits per heavy atom. The van der Waals surface area contributed by atoms with Crippen molar-refractivity contribution >= 4 is 28.4 Å². The summed E-state index contributed by atoms with van der Waals surface area (Å²) in [5.74, 6) is 2.11. The van der Waals surface area contributed by atoms with Crippen LogP contribution in [-0.2, 0) is 0 Å². The van der Waals surface area contributed by atoms with Crippen LogP contribution in [0, 0.1) is 5.92 Å². The number of hydrogen-bond donors (Lipinski definition) is 4. The molecule has 32 heavy (non-hydrogen) atoms. The summed E-state index contributed by atoms with van der Waals surface area (Å²) in [5, 5.41) is 13.5. The molecule has 4 heterocycles. The second-order valence-electron chi connectivity index (χ2n) is 7.88. The zero-order valence-corrected chi connectivity index (χ0v) is 17.7. The van der Waals surface area contributed by atoms with Crippen molar-refractivity contribution in [2.45, 2.75) is 19.9 Å². The highest BCUT2D eigenvalue weighted by Gasteiger charge is 2.22. The molecule has 0 aliphatic carbocycles. The molecule has 1 aliphatic heterocycles. The van der Waals surface area contributed by atoms with E-state index in [-0.39, 0.29) is 17.9 Å². The van der Waals surface area contributed by atoms with E-state index >= 15 is 0 Å². The molecule has 5 rings (SSSR count). The van der Waals surface area contributed by atoms with Crippen LogP contribution in [0.1, 0.15) is 35.9 Å². The normalized spacial score (nSPS) is 13.8. The Hall–Kier alpha value is -4.08. The number of nitrogens with one attached hydrogen (secondary N) is 4. The van der Waals surface area contributed by atoms with Crippen molar-refractivity contribution in [2.24, 2.45) is 5.92 Å². The number of carbonyl (C=O) groups excluding carboxylic acids is 1. The summed E-state index contributed by atoms with van der Waals surface area (Å²) < 4.78 is 11.4. The van der Waals surface area contributed by atoms with E-state index < -0.39 is 0 Å². The smallest absolute Gasteiger partial charge is 0.272 e. The number of benzene rings is 1. The molecule has 0 unspecified atom stereocenters. The fraction of sp³-hybridized carbons (Fsp3) is 0.273. The van der Waals surface area contributed by atoms with Gasteiger partial charge in [-0.1, -0.05) is 19.9 Å². The van der Waals surface area contributed by atoms with Crippen molar-refractivity contribution in [1.29, 1.82) is 0 Å². The van der Waals surface area contributed by atoms with Crippen LogP contribution < -0.4 is 20.1 Å². The van der Waals surface area contributed by atoms with Gasteiger partial charge in [-0.2, -0.15) is 5.10 Å². The third-order valence-corrected chi connectivity index (χ3v) is 5.31. The average Bonchev–Trinajstić information content (AvgIpc) is 3.47. The quantitative estimate of drug-likeness (QED) is 0.366. The Morgan fingerprint density at radius 2 is 1.97 bits per heavy atom. The molecule has 1 amide bonds. The lowest BCUT2D eigenvalue weighted by Crippen LogP contribution is -2.19. The number of amides is 1. The lowest BCUT2D eigenvalue weighted by molar-refractivity contribution is 0.102. The third-order valence-electron chi connectivity index (χ3n) is 5.31. The van der Waals surface area contributed by atoms with Crippen LogP contribution in [0.15, 0.2) is 43.0 Å². The van der Waals surface area contributed by atoms with Crippen molar-refractivity contribution in [2.75, 3.05) is 23.8 Å². The largest absolute Gasteiger partial charge is 0.486 e. The molecule has 3 aromatic heterocycles. The summed E-state index contributed by atoms with van der Waals surface area (Å²) in [6.07, 6.45) is 4.61. The standard InChI is InChI=1S/C22H23N7O3/c1-12(2)19(13-3-4-17-18(7-13)32-6-5-31-17)29-21-15-8-16(28-20(15)23-11-24-21)22(30)27-14-9-25-26-10-14/h3-4,7-12,19H,5-6H2,1-2H3,(H,25,26)(H,27,30)(H2,23,24,28,29)/t19-/m1/s1. The zero-order chi connectivity index (χ0) is 22.1. The average molecular weight is 433 g/mol. The summed E-state index contributed by atoms with van der Waals surface area (Å²) in [4.78, 5) is 24.4. The number of aromatic nitrogens is 5. The number of carbonyl (C=O) groups is 1. The SMILES string of the molecule is CC(C)[C@@H](Nc1ncnc2[nH]c(C(=O)Nc3cn[nH]c3)cc12)c1ccc2c(c1)OCCO2. The number of anilines is 2. The van der Waals surface area contributed by atoms with Crippen molar-refractivity contribution in [1.82, 2.24) is 25.1 Å². The highest BCUT2D eigenvalue weighted by atomic mass is 16.6. The first-order chi connectivity index (χ1) is 15.6. The Morgan fingerprint density at radius 3 is 2.75 bits per heavy atom. The minimum absolute atomic E-state index is 0.0398. The number of aromatic amines is 2. The van der Waals surface area contributed by atoms with E-state index in [0.29, 0.717) is 36.1 Å². The van der Waals surface area contributed by atoms with Gasteiger partial charge in [0.25, 0.3) is 5.91 Å². The van der Waals surface area contributed by atoms with Crippen LogP contribution in [0.4, 0.5) is 11.5 Å². The summed E-state index contributed by atoms with van der Waals surface area (Å²) >= 11 is 0. The number of fused-ring (bicyclic) bond motifs is 2. The minimum Gasteiger partial charge on any atom is -0.486 e. The lowest BCUT2D eigenvalue weighted by Gasteiger charge is -2.26. The molecular formula is C22H23N7O3. The van der Waals surface area contributed by atoms with E-state index in [1.54, 1.807) is 12.3 Å². The molecule has 1 aromatic carbocycles. The topological polar surface area (TPSA) is 130 Å². The van der Waals surface area contributed by atoms with Crippen LogP contribution in [0.5, 0.6) is 11.5 Å². The van der Waals surface area contributed by atoms with Gasteiger partial charge in [0, 0.05) is 6.20 Å². The molecule has 0 fully saturated rings. The Kier molecular flexibility index (Phi) is 5.10. The van der Waals surface area contributed by atoms with Crippen molar-refractivity contribution < 1.29 is 14.3 Å². The Balaban J connectivity index is 1.44. The molecule has 10 heteroatoms.